The summed E-state index contributed by atoms with van der Waals surface area (Å²) in [6, 6.07) is 14.2. The van der Waals surface area contributed by atoms with Crippen LogP contribution in [0.4, 0.5) is 0 Å². The normalized spacial score (nSPS) is 14.8. The third-order valence-corrected chi connectivity index (χ3v) is 6.32. The third kappa shape index (κ3) is 5.10. The molecule has 0 atom stereocenters. The zero-order chi connectivity index (χ0) is 19.9. The monoisotopic (exact) mass is 418 g/mol. The second-order valence-corrected chi connectivity index (χ2v) is 8.10. The molecule has 0 bridgehead atoms. The average molecular weight is 419 g/mol. The summed E-state index contributed by atoms with van der Waals surface area (Å²) in [7, 11) is 5.03. The van der Waals surface area contributed by atoms with E-state index in [2.05, 4.69) is 28.0 Å². The minimum atomic E-state index is 0.748. The van der Waals surface area contributed by atoms with Crippen molar-refractivity contribution in [2.24, 2.45) is 0 Å². The Hall–Kier alpha value is -1.96. The summed E-state index contributed by atoms with van der Waals surface area (Å²) in [6.45, 7) is 2.52. The van der Waals surface area contributed by atoms with Crippen molar-refractivity contribution in [1.29, 1.82) is 0 Å². The van der Waals surface area contributed by atoms with Crippen LogP contribution >= 0.6 is 24.0 Å². The maximum absolute atomic E-state index is 5.59. The van der Waals surface area contributed by atoms with Crippen molar-refractivity contribution in [1.82, 2.24) is 9.80 Å². The van der Waals surface area contributed by atoms with Crippen molar-refractivity contribution < 1.29 is 14.2 Å². The van der Waals surface area contributed by atoms with Crippen LogP contribution in [0.1, 0.15) is 11.1 Å². The van der Waals surface area contributed by atoms with Gasteiger partial charge in [-0.15, -0.1) is 0 Å². The van der Waals surface area contributed by atoms with Crippen LogP contribution in [0.3, 0.4) is 0 Å². The Morgan fingerprint density at radius 2 is 1.71 bits per heavy atom. The molecule has 0 N–H and O–H groups in total. The van der Waals surface area contributed by atoms with E-state index in [1.807, 2.05) is 24.3 Å². The molecule has 28 heavy (non-hydrogen) atoms. The van der Waals surface area contributed by atoms with Crippen molar-refractivity contribution in [2.45, 2.75) is 13.0 Å². The van der Waals surface area contributed by atoms with E-state index < -0.39 is 0 Å². The molecule has 1 heterocycles. The number of nitrogens with zero attached hydrogens (tertiary/aromatic N) is 2. The summed E-state index contributed by atoms with van der Waals surface area (Å²) in [4.78, 5) is 4.64. The van der Waals surface area contributed by atoms with Crippen molar-refractivity contribution in [3.63, 3.8) is 0 Å². The number of benzene rings is 2. The van der Waals surface area contributed by atoms with Gasteiger partial charge in [-0.25, -0.2) is 0 Å². The molecule has 0 unspecified atom stereocenters. The van der Waals surface area contributed by atoms with Gasteiger partial charge in [0.25, 0.3) is 0 Å². The molecule has 7 heteroatoms. The van der Waals surface area contributed by atoms with E-state index in [9.17, 15) is 0 Å². The van der Waals surface area contributed by atoms with Gasteiger partial charge in [-0.3, -0.25) is 4.90 Å². The molecule has 0 aliphatic carbocycles. The highest BCUT2D eigenvalue weighted by Gasteiger charge is 2.22. The molecular weight excluding hydrogens is 392 g/mol. The van der Waals surface area contributed by atoms with Crippen LogP contribution in [0.15, 0.2) is 42.5 Å². The average Bonchev–Trinajstić information content (AvgIpc) is 2.74. The smallest absolute Gasteiger partial charge is 0.160 e. The standard InChI is InChI=1S/C21H26N2O3S2/c1-24-18-7-5-4-6-17(18)13-22-14-23(21(27)28-15-22)11-10-16-8-9-19(25-2)20(12-16)26-3/h4-9,12H,10-11,13-15H2,1-3H3. The van der Waals surface area contributed by atoms with E-state index in [0.717, 1.165) is 53.6 Å². The highest BCUT2D eigenvalue weighted by atomic mass is 32.2. The lowest BCUT2D eigenvalue weighted by molar-refractivity contribution is 0.204. The van der Waals surface area contributed by atoms with Crippen molar-refractivity contribution in [3.05, 3.63) is 53.6 Å². The quantitative estimate of drug-likeness (QED) is 0.599. The number of rotatable bonds is 8. The number of thioether (sulfide) groups is 1. The number of hydrogen-bond acceptors (Lipinski definition) is 6. The summed E-state index contributed by atoms with van der Waals surface area (Å²) in [6.07, 6.45) is 0.892. The molecule has 3 rings (SSSR count). The molecule has 1 fully saturated rings. The molecule has 2 aromatic carbocycles. The van der Waals surface area contributed by atoms with E-state index in [0.29, 0.717) is 0 Å². The summed E-state index contributed by atoms with van der Waals surface area (Å²) >= 11 is 7.30. The Morgan fingerprint density at radius 3 is 2.46 bits per heavy atom. The lowest BCUT2D eigenvalue weighted by Crippen LogP contribution is -2.45. The predicted molar refractivity (Wildman–Crippen MR) is 118 cm³/mol. The number of para-hydroxylation sites is 1. The lowest BCUT2D eigenvalue weighted by atomic mass is 10.1. The SMILES string of the molecule is COc1ccccc1CN1CSC(=S)N(CCc2ccc(OC)c(OC)c2)C1. The van der Waals surface area contributed by atoms with Crippen LogP contribution in [0.5, 0.6) is 17.2 Å². The van der Waals surface area contributed by atoms with Gasteiger partial charge in [-0.1, -0.05) is 48.2 Å². The fraction of sp³-hybridized carbons (Fsp3) is 0.381. The Labute approximate surface area is 176 Å². The van der Waals surface area contributed by atoms with Crippen LogP contribution < -0.4 is 14.2 Å². The Morgan fingerprint density at radius 1 is 0.964 bits per heavy atom. The zero-order valence-electron chi connectivity index (χ0n) is 16.5. The molecule has 0 aromatic heterocycles. The van der Waals surface area contributed by atoms with Crippen LogP contribution in [-0.4, -0.2) is 54.5 Å². The van der Waals surface area contributed by atoms with E-state index in [4.69, 9.17) is 26.4 Å². The summed E-state index contributed by atoms with van der Waals surface area (Å²) in [5, 5.41) is 0. The van der Waals surface area contributed by atoms with Crippen LogP contribution in [0.25, 0.3) is 0 Å². The van der Waals surface area contributed by atoms with E-state index in [-0.39, 0.29) is 0 Å². The molecule has 150 valence electrons. The minimum absolute atomic E-state index is 0.748. The molecule has 1 aliphatic heterocycles. The molecule has 5 nitrogen and oxygen atoms in total. The van der Waals surface area contributed by atoms with Gasteiger partial charge in [-0.2, -0.15) is 0 Å². The third-order valence-electron chi connectivity index (χ3n) is 4.70. The van der Waals surface area contributed by atoms with Gasteiger partial charge >= 0.3 is 0 Å². The number of methoxy groups -OCH3 is 3. The summed E-state index contributed by atoms with van der Waals surface area (Å²) in [5.41, 5.74) is 2.39. The second-order valence-electron chi connectivity index (χ2n) is 6.52. The first kappa shape index (κ1) is 20.8. The topological polar surface area (TPSA) is 34.2 Å². The van der Waals surface area contributed by atoms with Crippen molar-refractivity contribution >= 4 is 28.3 Å². The predicted octanol–water partition coefficient (Wildman–Crippen LogP) is 4.01. The molecule has 0 radical (unpaired) electrons. The lowest BCUT2D eigenvalue weighted by Gasteiger charge is -2.37. The highest BCUT2D eigenvalue weighted by molar-refractivity contribution is 8.22. The van der Waals surface area contributed by atoms with Crippen LogP contribution in [0, 0.1) is 0 Å². The first-order chi connectivity index (χ1) is 13.6. The molecule has 0 saturated carbocycles. The Balaban J connectivity index is 1.61. The van der Waals surface area contributed by atoms with E-state index >= 15 is 0 Å². The Bertz CT molecular complexity index is 816. The molecule has 1 saturated heterocycles. The maximum atomic E-state index is 5.59. The van der Waals surface area contributed by atoms with Crippen LogP contribution in [-0.2, 0) is 13.0 Å². The zero-order valence-corrected chi connectivity index (χ0v) is 18.1. The van der Waals surface area contributed by atoms with E-state index in [1.165, 1.54) is 11.1 Å². The molecular formula is C21H26N2O3S2. The van der Waals surface area contributed by atoms with Crippen molar-refractivity contribution in [3.8, 4) is 17.2 Å². The fourth-order valence-electron chi connectivity index (χ4n) is 3.21. The second kappa shape index (κ2) is 10.0. The first-order valence-electron chi connectivity index (χ1n) is 9.11. The van der Waals surface area contributed by atoms with Gasteiger partial charge < -0.3 is 19.1 Å². The number of thiocarbonyl (C=S) groups is 1. The molecule has 0 spiro atoms. The van der Waals surface area contributed by atoms with Gasteiger partial charge in [0.15, 0.2) is 11.5 Å². The highest BCUT2D eigenvalue weighted by Crippen LogP contribution is 2.28. The summed E-state index contributed by atoms with van der Waals surface area (Å²) < 4.78 is 17.2. The molecule has 1 aliphatic rings. The van der Waals surface area contributed by atoms with Gasteiger partial charge in [0, 0.05) is 18.7 Å². The van der Waals surface area contributed by atoms with Crippen LogP contribution in [0.2, 0.25) is 0 Å². The van der Waals surface area contributed by atoms with Gasteiger partial charge in [0.1, 0.15) is 10.1 Å². The van der Waals surface area contributed by atoms with Gasteiger partial charge in [-0.05, 0) is 30.2 Å². The number of ether oxygens (including phenoxy) is 3. The minimum Gasteiger partial charge on any atom is -0.496 e. The van der Waals surface area contributed by atoms with Gasteiger partial charge in [0.05, 0.1) is 33.9 Å². The Kier molecular flexibility index (Phi) is 7.42. The fourth-order valence-corrected chi connectivity index (χ4v) is 4.31. The first-order valence-corrected chi connectivity index (χ1v) is 10.5. The maximum Gasteiger partial charge on any atom is 0.160 e. The molecule has 0 amide bonds. The van der Waals surface area contributed by atoms with Gasteiger partial charge in [0.2, 0.25) is 0 Å². The summed E-state index contributed by atoms with van der Waals surface area (Å²) in [5.74, 6) is 3.33. The van der Waals surface area contributed by atoms with E-state index in [1.54, 1.807) is 33.1 Å². The van der Waals surface area contributed by atoms with Crippen molar-refractivity contribution in [2.75, 3.05) is 40.4 Å². The largest absolute Gasteiger partial charge is 0.496 e. The number of hydrogen-bond donors (Lipinski definition) is 0. The molecule has 2 aromatic rings.